The molecule has 2 rings (SSSR count). The molecule has 6 heteroatoms. The molecular formula is C13H17N5S. The maximum atomic E-state index is 8.78. The molecule has 2 aromatic heterocycles. The van der Waals surface area contributed by atoms with Gasteiger partial charge in [-0.25, -0.2) is 4.98 Å². The monoisotopic (exact) mass is 275 g/mol. The van der Waals surface area contributed by atoms with Gasteiger partial charge in [0.05, 0.1) is 17.9 Å². The summed E-state index contributed by atoms with van der Waals surface area (Å²) >= 11 is 1.61. The van der Waals surface area contributed by atoms with E-state index in [4.69, 9.17) is 11.0 Å². The van der Waals surface area contributed by atoms with Crippen LogP contribution in [-0.2, 0) is 0 Å². The lowest BCUT2D eigenvalue weighted by molar-refractivity contribution is 0.680. The standard InChI is InChI=1S/C13H17N5S/c1-8(2)18(6-4-5-14)11-10-7-9(3)19-12(10)17-13(15)16-11/h7-8H,4,6H2,1-3H3,(H2,15,16,17). The Hall–Kier alpha value is -1.87. The first-order valence-corrected chi connectivity index (χ1v) is 7.02. The molecule has 19 heavy (non-hydrogen) atoms. The minimum atomic E-state index is 0.256. The molecule has 0 aliphatic carbocycles. The van der Waals surface area contributed by atoms with Gasteiger partial charge >= 0.3 is 0 Å². The van der Waals surface area contributed by atoms with Gasteiger partial charge in [0.1, 0.15) is 10.6 Å². The molecule has 0 fully saturated rings. The maximum absolute atomic E-state index is 8.78. The molecule has 0 radical (unpaired) electrons. The number of nitrogens with two attached hydrogens (primary N) is 1. The molecular weight excluding hydrogens is 258 g/mol. The number of anilines is 2. The summed E-state index contributed by atoms with van der Waals surface area (Å²) in [5.41, 5.74) is 5.79. The minimum absolute atomic E-state index is 0.256. The average molecular weight is 275 g/mol. The first kappa shape index (κ1) is 13.6. The minimum Gasteiger partial charge on any atom is -0.368 e. The molecule has 0 aliphatic heterocycles. The molecule has 0 spiro atoms. The molecule has 0 aliphatic rings. The fourth-order valence-corrected chi connectivity index (χ4v) is 2.92. The molecule has 0 atom stereocenters. The summed E-state index contributed by atoms with van der Waals surface area (Å²) in [5, 5.41) is 9.80. The van der Waals surface area contributed by atoms with E-state index in [2.05, 4.69) is 40.9 Å². The molecule has 0 amide bonds. The Labute approximate surface area is 116 Å². The van der Waals surface area contributed by atoms with Gasteiger partial charge in [0.15, 0.2) is 0 Å². The van der Waals surface area contributed by atoms with Crippen molar-refractivity contribution < 1.29 is 0 Å². The average Bonchev–Trinajstić information content (AvgIpc) is 2.69. The largest absolute Gasteiger partial charge is 0.368 e. The van der Waals surface area contributed by atoms with Crippen molar-refractivity contribution in [2.75, 3.05) is 17.2 Å². The van der Waals surface area contributed by atoms with Crippen LogP contribution < -0.4 is 10.6 Å². The summed E-state index contributed by atoms with van der Waals surface area (Å²) in [6, 6.07) is 4.51. The van der Waals surface area contributed by atoms with E-state index in [1.165, 1.54) is 4.88 Å². The van der Waals surface area contributed by atoms with E-state index in [1.807, 2.05) is 6.92 Å². The van der Waals surface area contributed by atoms with Gasteiger partial charge in [-0.3, -0.25) is 0 Å². The van der Waals surface area contributed by atoms with E-state index in [0.29, 0.717) is 13.0 Å². The Bertz CT molecular complexity index is 626. The van der Waals surface area contributed by atoms with Crippen LogP contribution in [0.25, 0.3) is 10.2 Å². The molecule has 5 nitrogen and oxygen atoms in total. The highest BCUT2D eigenvalue weighted by molar-refractivity contribution is 7.18. The van der Waals surface area contributed by atoms with Crippen LogP contribution in [0.1, 0.15) is 25.1 Å². The maximum Gasteiger partial charge on any atom is 0.223 e. The number of thiophene rings is 1. The van der Waals surface area contributed by atoms with Crippen LogP contribution in [-0.4, -0.2) is 22.6 Å². The zero-order valence-corrected chi connectivity index (χ0v) is 12.2. The van der Waals surface area contributed by atoms with Gasteiger partial charge < -0.3 is 10.6 Å². The summed E-state index contributed by atoms with van der Waals surface area (Å²) in [6.07, 6.45) is 0.465. The summed E-state index contributed by atoms with van der Waals surface area (Å²) in [7, 11) is 0. The normalized spacial score (nSPS) is 10.9. The second kappa shape index (κ2) is 5.41. The highest BCUT2D eigenvalue weighted by Crippen LogP contribution is 2.32. The highest BCUT2D eigenvalue weighted by Gasteiger charge is 2.17. The van der Waals surface area contributed by atoms with Crippen LogP contribution in [0.15, 0.2) is 6.07 Å². The predicted molar refractivity (Wildman–Crippen MR) is 79.3 cm³/mol. The molecule has 2 N–H and O–H groups in total. The van der Waals surface area contributed by atoms with Crippen molar-refractivity contribution in [2.45, 2.75) is 33.2 Å². The van der Waals surface area contributed by atoms with Crippen LogP contribution in [0.2, 0.25) is 0 Å². The first-order chi connectivity index (χ1) is 9.02. The molecule has 0 bridgehead atoms. The Balaban J connectivity index is 2.54. The Morgan fingerprint density at radius 2 is 2.21 bits per heavy atom. The summed E-state index contributed by atoms with van der Waals surface area (Å²) in [6.45, 7) is 6.86. The number of nitriles is 1. The second-order valence-electron chi connectivity index (χ2n) is 4.68. The lowest BCUT2D eigenvalue weighted by atomic mass is 10.2. The summed E-state index contributed by atoms with van der Waals surface area (Å²) in [5.74, 6) is 1.11. The fraction of sp³-hybridized carbons (Fsp3) is 0.462. The second-order valence-corrected chi connectivity index (χ2v) is 5.91. The molecule has 2 aromatic rings. The van der Waals surface area contributed by atoms with Gasteiger partial charge in [0.2, 0.25) is 5.95 Å². The van der Waals surface area contributed by atoms with Gasteiger partial charge in [-0.05, 0) is 26.8 Å². The lowest BCUT2D eigenvalue weighted by Crippen LogP contribution is -2.32. The van der Waals surface area contributed by atoms with Crippen molar-refractivity contribution in [2.24, 2.45) is 0 Å². The number of nitrogens with zero attached hydrogens (tertiary/aromatic N) is 4. The topological polar surface area (TPSA) is 78.8 Å². The number of aromatic nitrogens is 2. The van der Waals surface area contributed by atoms with E-state index in [0.717, 1.165) is 16.0 Å². The van der Waals surface area contributed by atoms with E-state index in [1.54, 1.807) is 11.3 Å². The molecule has 100 valence electrons. The van der Waals surface area contributed by atoms with E-state index in [9.17, 15) is 0 Å². The number of nitrogen functional groups attached to an aromatic ring is 1. The number of hydrogen-bond donors (Lipinski definition) is 1. The van der Waals surface area contributed by atoms with Crippen LogP contribution in [0.4, 0.5) is 11.8 Å². The van der Waals surface area contributed by atoms with Crippen molar-refractivity contribution in [1.82, 2.24) is 9.97 Å². The van der Waals surface area contributed by atoms with Gasteiger partial charge in [-0.2, -0.15) is 10.2 Å². The van der Waals surface area contributed by atoms with Gasteiger partial charge in [0.25, 0.3) is 0 Å². The first-order valence-electron chi connectivity index (χ1n) is 6.20. The molecule has 0 saturated heterocycles. The van der Waals surface area contributed by atoms with Gasteiger partial charge in [-0.1, -0.05) is 0 Å². The lowest BCUT2D eigenvalue weighted by Gasteiger charge is -2.27. The van der Waals surface area contributed by atoms with Crippen molar-refractivity contribution in [3.63, 3.8) is 0 Å². The quantitative estimate of drug-likeness (QED) is 0.928. The van der Waals surface area contributed by atoms with Crippen molar-refractivity contribution in [1.29, 1.82) is 5.26 Å². The number of rotatable bonds is 4. The van der Waals surface area contributed by atoms with Crippen LogP contribution >= 0.6 is 11.3 Å². The predicted octanol–water partition coefficient (Wildman–Crippen LogP) is 2.71. The number of aryl methyl sites for hydroxylation is 1. The van der Waals surface area contributed by atoms with Gasteiger partial charge in [0, 0.05) is 17.5 Å². The van der Waals surface area contributed by atoms with E-state index in [-0.39, 0.29) is 12.0 Å². The zero-order chi connectivity index (χ0) is 14.0. The van der Waals surface area contributed by atoms with Gasteiger partial charge in [-0.15, -0.1) is 11.3 Å². The van der Waals surface area contributed by atoms with Crippen LogP contribution in [0, 0.1) is 18.3 Å². The third-order valence-electron chi connectivity index (χ3n) is 2.87. The third kappa shape index (κ3) is 2.76. The van der Waals surface area contributed by atoms with E-state index < -0.39 is 0 Å². The SMILES string of the molecule is Cc1cc2c(N(CCC#N)C(C)C)nc(N)nc2s1. The zero-order valence-electron chi connectivity index (χ0n) is 11.3. The Morgan fingerprint density at radius 3 is 2.84 bits per heavy atom. The van der Waals surface area contributed by atoms with E-state index >= 15 is 0 Å². The van der Waals surface area contributed by atoms with Crippen molar-refractivity contribution in [3.05, 3.63) is 10.9 Å². The summed E-state index contributed by atoms with van der Waals surface area (Å²) < 4.78 is 0. The third-order valence-corrected chi connectivity index (χ3v) is 3.82. The number of hydrogen-bond acceptors (Lipinski definition) is 6. The van der Waals surface area contributed by atoms with Crippen molar-refractivity contribution >= 4 is 33.3 Å². The number of fused-ring (bicyclic) bond motifs is 1. The van der Waals surface area contributed by atoms with Crippen LogP contribution in [0.3, 0.4) is 0 Å². The Kier molecular flexibility index (Phi) is 3.86. The molecule has 0 aromatic carbocycles. The molecule has 0 saturated carbocycles. The van der Waals surface area contributed by atoms with Crippen molar-refractivity contribution in [3.8, 4) is 6.07 Å². The summed E-state index contributed by atoms with van der Waals surface area (Å²) in [4.78, 5) is 12.8. The molecule has 0 unspecified atom stereocenters. The van der Waals surface area contributed by atoms with Crippen LogP contribution in [0.5, 0.6) is 0 Å². The highest BCUT2D eigenvalue weighted by atomic mass is 32.1. The fourth-order valence-electron chi connectivity index (χ4n) is 2.04. The molecule has 2 heterocycles. The Morgan fingerprint density at radius 1 is 1.47 bits per heavy atom. The smallest absolute Gasteiger partial charge is 0.223 e.